The first kappa shape index (κ1) is 20.3. The number of carbonyl (C=O) groups excluding carboxylic acids is 2. The number of piperidine rings is 1. The van der Waals surface area contributed by atoms with E-state index in [4.69, 9.17) is 4.74 Å². The molecular formula is C23H31FN2O3. The van der Waals surface area contributed by atoms with Crippen LogP contribution < -0.4 is 5.32 Å². The van der Waals surface area contributed by atoms with Crippen molar-refractivity contribution < 1.29 is 18.7 Å². The fraction of sp³-hybridized carbons (Fsp3) is 0.652. The van der Waals surface area contributed by atoms with Crippen molar-refractivity contribution in [2.45, 2.75) is 69.5 Å². The Morgan fingerprint density at radius 1 is 1.07 bits per heavy atom. The molecule has 2 aliphatic heterocycles. The van der Waals surface area contributed by atoms with Crippen molar-refractivity contribution >= 4 is 11.8 Å². The summed E-state index contributed by atoms with van der Waals surface area (Å²) in [5, 5.41) is 3.07. The number of amides is 2. The van der Waals surface area contributed by atoms with Gasteiger partial charge in [0, 0.05) is 31.6 Å². The van der Waals surface area contributed by atoms with Gasteiger partial charge in [-0.2, -0.15) is 0 Å². The van der Waals surface area contributed by atoms with Crippen LogP contribution in [-0.2, 0) is 9.53 Å². The molecule has 2 saturated heterocycles. The predicted octanol–water partition coefficient (Wildman–Crippen LogP) is 3.68. The summed E-state index contributed by atoms with van der Waals surface area (Å²) in [6.07, 6.45) is 9.16. The Balaban J connectivity index is 1.21. The minimum absolute atomic E-state index is 0.0476. The van der Waals surface area contributed by atoms with Crippen LogP contribution in [0.1, 0.15) is 68.1 Å². The van der Waals surface area contributed by atoms with Crippen molar-refractivity contribution in [2.24, 2.45) is 5.92 Å². The number of benzene rings is 1. The van der Waals surface area contributed by atoms with Crippen molar-refractivity contribution in [3.05, 3.63) is 35.6 Å². The number of ether oxygens (including phenoxy) is 1. The van der Waals surface area contributed by atoms with Crippen LogP contribution in [-0.4, -0.2) is 48.1 Å². The Bertz CT molecular complexity index is 722. The summed E-state index contributed by atoms with van der Waals surface area (Å²) in [4.78, 5) is 26.6. The van der Waals surface area contributed by atoms with Gasteiger partial charge in [-0.3, -0.25) is 9.59 Å². The highest BCUT2D eigenvalue weighted by molar-refractivity contribution is 5.94. The predicted molar refractivity (Wildman–Crippen MR) is 108 cm³/mol. The average molecular weight is 403 g/mol. The fourth-order valence-electron chi connectivity index (χ4n) is 5.08. The summed E-state index contributed by atoms with van der Waals surface area (Å²) in [6.45, 7) is 1.89. The minimum atomic E-state index is -0.333. The zero-order chi connectivity index (χ0) is 20.3. The van der Waals surface area contributed by atoms with Crippen molar-refractivity contribution in [3.63, 3.8) is 0 Å². The monoisotopic (exact) mass is 402 g/mol. The first-order chi connectivity index (χ1) is 14.0. The Labute approximate surface area is 172 Å². The highest BCUT2D eigenvalue weighted by Crippen LogP contribution is 2.39. The molecule has 2 amide bonds. The van der Waals surface area contributed by atoms with Gasteiger partial charge in [-0.1, -0.05) is 12.8 Å². The van der Waals surface area contributed by atoms with Crippen LogP contribution in [0.4, 0.5) is 4.39 Å². The van der Waals surface area contributed by atoms with E-state index in [1.807, 2.05) is 4.90 Å². The Kier molecular flexibility index (Phi) is 6.18. The van der Waals surface area contributed by atoms with Crippen LogP contribution >= 0.6 is 0 Å². The van der Waals surface area contributed by atoms with E-state index >= 15 is 0 Å². The molecule has 6 heteroatoms. The summed E-state index contributed by atoms with van der Waals surface area (Å²) >= 11 is 0. The lowest BCUT2D eigenvalue weighted by molar-refractivity contribution is -0.123. The number of hydrogen-bond donors (Lipinski definition) is 1. The van der Waals surface area contributed by atoms with Crippen LogP contribution in [0, 0.1) is 11.7 Å². The highest BCUT2D eigenvalue weighted by Gasteiger charge is 2.43. The van der Waals surface area contributed by atoms with Crippen LogP contribution in [0.25, 0.3) is 0 Å². The van der Waals surface area contributed by atoms with E-state index in [2.05, 4.69) is 5.32 Å². The van der Waals surface area contributed by atoms with E-state index in [0.717, 1.165) is 25.7 Å². The van der Waals surface area contributed by atoms with Gasteiger partial charge in [-0.15, -0.1) is 0 Å². The molecular weight excluding hydrogens is 371 g/mol. The summed E-state index contributed by atoms with van der Waals surface area (Å²) in [6, 6.07) is 5.73. The maximum Gasteiger partial charge on any atom is 0.253 e. The summed E-state index contributed by atoms with van der Waals surface area (Å²) < 4.78 is 19.4. The number of nitrogens with zero attached hydrogens (tertiary/aromatic N) is 1. The summed E-state index contributed by atoms with van der Waals surface area (Å²) in [5.41, 5.74) is 0.359. The van der Waals surface area contributed by atoms with Gasteiger partial charge in [0.25, 0.3) is 5.91 Å². The highest BCUT2D eigenvalue weighted by atomic mass is 19.1. The van der Waals surface area contributed by atoms with E-state index in [1.165, 1.54) is 37.8 Å². The van der Waals surface area contributed by atoms with E-state index in [-0.39, 0.29) is 29.3 Å². The van der Waals surface area contributed by atoms with Gasteiger partial charge in [-0.05, 0) is 68.7 Å². The third-order valence-corrected chi connectivity index (χ3v) is 6.87. The molecule has 1 aliphatic carbocycles. The zero-order valence-corrected chi connectivity index (χ0v) is 17.0. The molecule has 0 aromatic heterocycles. The maximum absolute atomic E-state index is 13.1. The Hall–Kier alpha value is -1.95. The standard InChI is InChI=1S/C23H31FN2O3/c24-19-7-5-18(6-8-19)22(28)26-13-11-23(12-14-26)10-9-20(29-23)16-25-21(27)15-17-3-1-2-4-17/h5-8,17,20H,1-4,9-16H2,(H,25,27). The first-order valence-corrected chi connectivity index (χ1v) is 11.0. The van der Waals surface area contributed by atoms with Crippen LogP contribution in [0.15, 0.2) is 24.3 Å². The lowest BCUT2D eigenvalue weighted by atomic mass is 9.88. The largest absolute Gasteiger partial charge is 0.370 e. The number of likely N-dealkylation sites (tertiary alicyclic amines) is 1. The Morgan fingerprint density at radius 3 is 2.45 bits per heavy atom. The molecule has 29 heavy (non-hydrogen) atoms. The Morgan fingerprint density at radius 2 is 1.76 bits per heavy atom. The van der Waals surface area contributed by atoms with E-state index < -0.39 is 0 Å². The molecule has 1 N–H and O–H groups in total. The maximum atomic E-state index is 13.1. The van der Waals surface area contributed by atoms with Crippen molar-refractivity contribution in [1.29, 1.82) is 0 Å². The first-order valence-electron chi connectivity index (χ1n) is 11.0. The van der Waals surface area contributed by atoms with Crippen LogP contribution in [0.5, 0.6) is 0 Å². The molecule has 0 bridgehead atoms. The second-order valence-corrected chi connectivity index (χ2v) is 8.92. The van der Waals surface area contributed by atoms with Gasteiger partial charge in [0.2, 0.25) is 5.91 Å². The van der Waals surface area contributed by atoms with Gasteiger partial charge in [0.15, 0.2) is 0 Å². The van der Waals surface area contributed by atoms with E-state index in [1.54, 1.807) is 12.1 Å². The van der Waals surface area contributed by atoms with E-state index in [9.17, 15) is 14.0 Å². The molecule has 0 radical (unpaired) electrons. The van der Waals surface area contributed by atoms with Gasteiger partial charge in [-0.25, -0.2) is 4.39 Å². The number of halogens is 1. The van der Waals surface area contributed by atoms with Crippen molar-refractivity contribution in [3.8, 4) is 0 Å². The molecule has 1 spiro atoms. The summed E-state index contributed by atoms with van der Waals surface area (Å²) in [5.74, 6) is 0.337. The molecule has 5 nitrogen and oxygen atoms in total. The third kappa shape index (κ3) is 4.97. The molecule has 2 heterocycles. The second-order valence-electron chi connectivity index (χ2n) is 8.92. The van der Waals surface area contributed by atoms with Gasteiger partial charge < -0.3 is 15.0 Å². The van der Waals surface area contributed by atoms with Crippen molar-refractivity contribution in [1.82, 2.24) is 10.2 Å². The molecule has 1 aromatic carbocycles. The molecule has 4 rings (SSSR count). The van der Waals surface area contributed by atoms with Gasteiger partial charge >= 0.3 is 0 Å². The molecule has 3 aliphatic rings. The molecule has 1 unspecified atom stereocenters. The molecule has 1 atom stereocenters. The zero-order valence-electron chi connectivity index (χ0n) is 17.0. The lowest BCUT2D eigenvalue weighted by Gasteiger charge is -2.39. The molecule has 158 valence electrons. The normalized spacial score (nSPS) is 24.2. The van der Waals surface area contributed by atoms with Crippen molar-refractivity contribution in [2.75, 3.05) is 19.6 Å². The number of hydrogen-bond acceptors (Lipinski definition) is 3. The fourth-order valence-corrected chi connectivity index (χ4v) is 5.08. The minimum Gasteiger partial charge on any atom is -0.370 e. The number of rotatable bonds is 5. The quantitative estimate of drug-likeness (QED) is 0.817. The number of nitrogens with one attached hydrogen (secondary N) is 1. The second kappa shape index (κ2) is 8.82. The topological polar surface area (TPSA) is 58.6 Å². The van der Waals surface area contributed by atoms with Gasteiger partial charge in [0.05, 0.1) is 11.7 Å². The summed E-state index contributed by atoms with van der Waals surface area (Å²) in [7, 11) is 0. The van der Waals surface area contributed by atoms with Crippen LogP contribution in [0.2, 0.25) is 0 Å². The average Bonchev–Trinajstić information content (AvgIpc) is 3.37. The van der Waals surface area contributed by atoms with Crippen LogP contribution in [0.3, 0.4) is 0 Å². The van der Waals surface area contributed by atoms with Gasteiger partial charge in [0.1, 0.15) is 5.82 Å². The SMILES string of the molecule is O=C(CC1CCCC1)NCC1CCC2(CCN(C(=O)c3ccc(F)cc3)CC2)O1. The third-order valence-electron chi connectivity index (χ3n) is 6.87. The molecule has 1 saturated carbocycles. The lowest BCUT2D eigenvalue weighted by Crippen LogP contribution is -2.47. The van der Waals surface area contributed by atoms with E-state index in [0.29, 0.717) is 37.5 Å². The smallest absolute Gasteiger partial charge is 0.253 e. The molecule has 1 aromatic rings. The number of carbonyl (C=O) groups is 2. The molecule has 3 fully saturated rings.